The summed E-state index contributed by atoms with van der Waals surface area (Å²) in [6.45, 7) is 8.96. The molecule has 2 aromatic heterocycles. The van der Waals surface area contributed by atoms with E-state index in [9.17, 15) is 5.11 Å². The third-order valence-corrected chi connectivity index (χ3v) is 7.15. The lowest BCUT2D eigenvalue weighted by Crippen LogP contribution is -2.40. The summed E-state index contributed by atoms with van der Waals surface area (Å²) >= 11 is 0. The van der Waals surface area contributed by atoms with Crippen molar-refractivity contribution >= 4 is 23.4 Å². The zero-order valence-electron chi connectivity index (χ0n) is 22.9. The van der Waals surface area contributed by atoms with Gasteiger partial charge in [-0.05, 0) is 61.7 Å². The van der Waals surface area contributed by atoms with E-state index in [4.69, 9.17) is 23.0 Å². The van der Waals surface area contributed by atoms with Crippen LogP contribution in [0.25, 0.3) is 22.6 Å². The molecule has 0 aliphatic carbocycles. The molecule has 0 spiro atoms. The van der Waals surface area contributed by atoms with Gasteiger partial charge < -0.3 is 38.5 Å². The van der Waals surface area contributed by atoms with E-state index in [2.05, 4.69) is 27.2 Å². The first-order valence-electron chi connectivity index (χ1n) is 13.1. The van der Waals surface area contributed by atoms with E-state index in [1.807, 2.05) is 51.1 Å². The molecule has 40 heavy (non-hydrogen) atoms. The first kappa shape index (κ1) is 29.7. The van der Waals surface area contributed by atoms with Crippen molar-refractivity contribution in [2.24, 2.45) is 0 Å². The fourth-order valence-electron chi connectivity index (χ4n) is 5.04. The number of aliphatic hydroxyl groups excluding tert-OH is 1. The average Bonchev–Trinajstić information content (AvgIpc) is 3.66. The van der Waals surface area contributed by atoms with E-state index >= 15 is 0 Å². The van der Waals surface area contributed by atoms with Gasteiger partial charge in [-0.3, -0.25) is 0 Å². The Morgan fingerprint density at radius 2 is 1.80 bits per heavy atom. The molecule has 0 amide bonds. The second-order valence-electron chi connectivity index (χ2n) is 11.1. The van der Waals surface area contributed by atoms with E-state index < -0.39 is 6.10 Å². The van der Waals surface area contributed by atoms with Crippen LogP contribution < -0.4 is 14.2 Å². The molecule has 1 saturated heterocycles. The first-order valence-corrected chi connectivity index (χ1v) is 13.1. The zero-order chi connectivity index (χ0) is 26.3. The van der Waals surface area contributed by atoms with Gasteiger partial charge in [0.25, 0.3) is 5.89 Å². The summed E-state index contributed by atoms with van der Waals surface area (Å²) in [5, 5.41) is 19.8. The van der Waals surface area contributed by atoms with Crippen LogP contribution in [0.1, 0.15) is 51.0 Å². The predicted molar refractivity (Wildman–Crippen MR) is 152 cm³/mol. The molecule has 0 bridgehead atoms. The quantitative estimate of drug-likeness (QED) is 0.333. The molecule has 3 N–H and O–H groups in total. The largest absolute Gasteiger partial charge is 0.490 e. The zero-order valence-corrected chi connectivity index (χ0v) is 23.7. The number of aromatic nitrogens is 2. The van der Waals surface area contributed by atoms with E-state index in [0.717, 1.165) is 42.8 Å². The molecule has 1 fully saturated rings. The number of furan rings is 1. The van der Waals surface area contributed by atoms with E-state index in [0.29, 0.717) is 48.1 Å². The number of nitrogens with zero attached hydrogens (tertiary/aromatic N) is 3. The summed E-state index contributed by atoms with van der Waals surface area (Å²) < 4.78 is 28.8. The highest BCUT2D eigenvalue weighted by Crippen LogP contribution is 2.38. The smallest absolute Gasteiger partial charge is 0.283 e. The summed E-state index contributed by atoms with van der Waals surface area (Å²) in [5.74, 6) is 4.16. The predicted octanol–water partition coefficient (Wildman–Crippen LogP) is 4.73. The van der Waals surface area contributed by atoms with Crippen LogP contribution >= 0.6 is 12.4 Å². The van der Waals surface area contributed by atoms with Crippen LogP contribution in [0.15, 0.2) is 51.3 Å². The number of fused-ring (bicyclic) bond motifs is 2. The van der Waals surface area contributed by atoms with Gasteiger partial charge in [0.1, 0.15) is 24.0 Å². The SMILES string of the molecule is CC(C)(C)c1nnc(-c2cc3c(OC[C@@H](O)CN4CCC(c5ccc6c(c5)OCO6)CC4)cccc3o2)o1.Cl.O. The van der Waals surface area contributed by atoms with Gasteiger partial charge in [0.2, 0.25) is 12.7 Å². The Balaban J connectivity index is 0.00000185. The lowest BCUT2D eigenvalue weighted by atomic mass is 9.89. The number of β-amino-alcohol motifs (C(OH)–C–C–N with tert-alkyl or cyclic N) is 1. The molecule has 1 atom stereocenters. The first-order chi connectivity index (χ1) is 18.3. The Hall–Kier alpha value is -3.31. The molecule has 11 heteroatoms. The maximum atomic E-state index is 10.7. The second-order valence-corrected chi connectivity index (χ2v) is 11.1. The summed E-state index contributed by atoms with van der Waals surface area (Å²) in [5.41, 5.74) is 1.71. The summed E-state index contributed by atoms with van der Waals surface area (Å²) in [4.78, 5) is 2.30. The van der Waals surface area contributed by atoms with E-state index in [-0.39, 0.29) is 29.9 Å². The molecular formula is C29H36ClN3O7. The molecule has 10 nitrogen and oxygen atoms in total. The van der Waals surface area contributed by atoms with Crippen molar-refractivity contribution < 1.29 is 33.6 Å². The van der Waals surface area contributed by atoms with Gasteiger partial charge in [0.15, 0.2) is 17.3 Å². The van der Waals surface area contributed by atoms with Crippen molar-refractivity contribution in [3.8, 4) is 28.9 Å². The molecule has 2 aliphatic heterocycles. The molecule has 4 heterocycles. The fourth-order valence-corrected chi connectivity index (χ4v) is 5.04. The average molecular weight is 574 g/mol. The van der Waals surface area contributed by atoms with Crippen LogP contribution in [0.2, 0.25) is 0 Å². The minimum absolute atomic E-state index is 0. The maximum absolute atomic E-state index is 10.7. The standard InChI is InChI=1S/C29H33N3O6.ClH.H2O/c1-29(2,3)28-31-30-27(38-28)26-14-21-22(5-4-6-23(21)37-26)34-16-20(33)15-32-11-9-18(10-12-32)19-7-8-24-25(13-19)36-17-35-24;;/h4-8,13-14,18,20,33H,9-12,15-17H2,1-3H3;1H;1H2/t20-;;/m0../s1. The number of ether oxygens (including phenoxy) is 3. The topological polar surface area (TPSA) is 135 Å². The molecular weight excluding hydrogens is 538 g/mol. The Morgan fingerprint density at radius 3 is 2.55 bits per heavy atom. The summed E-state index contributed by atoms with van der Waals surface area (Å²) in [6, 6.07) is 13.7. The number of likely N-dealkylation sites (tertiary alicyclic amines) is 1. The second kappa shape index (κ2) is 12.1. The van der Waals surface area contributed by atoms with Gasteiger partial charge in [-0.25, -0.2) is 0 Å². The Kier molecular flexibility index (Phi) is 8.94. The molecule has 0 saturated carbocycles. The van der Waals surface area contributed by atoms with Crippen LogP contribution in [0.3, 0.4) is 0 Å². The van der Waals surface area contributed by atoms with Crippen LogP contribution in [-0.2, 0) is 5.41 Å². The van der Waals surface area contributed by atoms with E-state index in [1.54, 1.807) is 0 Å². The van der Waals surface area contributed by atoms with Crippen molar-refractivity contribution in [2.75, 3.05) is 33.0 Å². The van der Waals surface area contributed by atoms with Gasteiger partial charge >= 0.3 is 0 Å². The minimum Gasteiger partial charge on any atom is -0.490 e. The molecule has 0 radical (unpaired) electrons. The van der Waals surface area contributed by atoms with Gasteiger partial charge in [0.05, 0.1) is 5.39 Å². The Bertz CT molecular complexity index is 1420. The fraction of sp³-hybridized carbons (Fsp3) is 0.448. The van der Waals surface area contributed by atoms with Gasteiger partial charge in [-0.15, -0.1) is 22.6 Å². The van der Waals surface area contributed by atoms with Gasteiger partial charge in [-0.1, -0.05) is 32.9 Å². The highest BCUT2D eigenvalue weighted by atomic mass is 35.5. The number of halogens is 1. The normalized spacial score (nSPS) is 16.4. The van der Waals surface area contributed by atoms with Gasteiger partial charge in [0, 0.05) is 18.0 Å². The van der Waals surface area contributed by atoms with Crippen molar-refractivity contribution in [2.45, 2.75) is 51.0 Å². The molecule has 4 aromatic rings. The summed E-state index contributed by atoms with van der Waals surface area (Å²) in [7, 11) is 0. The lowest BCUT2D eigenvalue weighted by molar-refractivity contribution is 0.0599. The lowest BCUT2D eigenvalue weighted by Gasteiger charge is -2.33. The van der Waals surface area contributed by atoms with Crippen LogP contribution in [0.5, 0.6) is 17.2 Å². The summed E-state index contributed by atoms with van der Waals surface area (Å²) in [6.07, 6.45) is 1.47. The molecule has 0 unspecified atom stereocenters. The number of piperidine rings is 1. The Morgan fingerprint density at radius 1 is 1.02 bits per heavy atom. The van der Waals surface area contributed by atoms with Crippen LogP contribution in [-0.4, -0.2) is 64.8 Å². The number of aliphatic hydroxyl groups is 1. The Labute approximate surface area is 238 Å². The van der Waals surface area contributed by atoms with Crippen molar-refractivity contribution in [1.82, 2.24) is 15.1 Å². The van der Waals surface area contributed by atoms with Crippen molar-refractivity contribution in [3.05, 3.63) is 53.9 Å². The number of hydrogen-bond acceptors (Lipinski definition) is 9. The monoisotopic (exact) mass is 573 g/mol. The molecule has 216 valence electrons. The maximum Gasteiger partial charge on any atom is 0.283 e. The highest BCUT2D eigenvalue weighted by molar-refractivity contribution is 5.87. The molecule has 2 aliphatic rings. The molecule has 2 aromatic carbocycles. The number of rotatable bonds is 7. The van der Waals surface area contributed by atoms with Crippen molar-refractivity contribution in [1.29, 1.82) is 0 Å². The van der Waals surface area contributed by atoms with Gasteiger partial charge in [-0.2, -0.15) is 0 Å². The molecule has 6 rings (SSSR count). The van der Waals surface area contributed by atoms with E-state index in [1.165, 1.54) is 5.56 Å². The third kappa shape index (κ3) is 6.20. The number of hydrogen-bond donors (Lipinski definition) is 1. The minimum atomic E-state index is -0.607. The van der Waals surface area contributed by atoms with Crippen LogP contribution in [0, 0.1) is 0 Å². The highest BCUT2D eigenvalue weighted by Gasteiger charge is 2.26. The third-order valence-electron chi connectivity index (χ3n) is 7.15. The number of benzene rings is 2. The van der Waals surface area contributed by atoms with Crippen LogP contribution in [0.4, 0.5) is 0 Å². The van der Waals surface area contributed by atoms with Crippen molar-refractivity contribution in [3.63, 3.8) is 0 Å².